The second kappa shape index (κ2) is 6.99. The summed E-state index contributed by atoms with van der Waals surface area (Å²) in [6.45, 7) is 3.83. The molecule has 1 atom stereocenters. The smallest absolute Gasteiger partial charge is 0.324 e. The Kier molecular flexibility index (Phi) is 5.88. The van der Waals surface area contributed by atoms with E-state index >= 15 is 0 Å². The summed E-state index contributed by atoms with van der Waals surface area (Å²) in [5.41, 5.74) is 1.42. The monoisotopic (exact) mass is 306 g/mol. The first-order valence-electron chi connectivity index (χ1n) is 6.10. The third-order valence-corrected chi connectivity index (χ3v) is 3.24. The van der Waals surface area contributed by atoms with Gasteiger partial charge in [0.25, 0.3) is 0 Å². The van der Waals surface area contributed by atoms with Crippen molar-refractivity contribution in [3.63, 3.8) is 0 Å². The van der Waals surface area contributed by atoms with Crippen LogP contribution >= 0.6 is 11.8 Å². The average Bonchev–Trinajstić information content (AvgIpc) is 2.28. The van der Waals surface area contributed by atoms with E-state index in [-0.39, 0.29) is 28.3 Å². The molecule has 1 aromatic rings. The highest BCUT2D eigenvalue weighted by atomic mass is 32.2. The van der Waals surface area contributed by atoms with E-state index < -0.39 is 17.5 Å². The molecule has 0 bridgehead atoms. The number of amides is 1. The summed E-state index contributed by atoms with van der Waals surface area (Å²) in [6.07, 6.45) is 0.473. The summed E-state index contributed by atoms with van der Waals surface area (Å²) < 4.78 is 37.2. The molecular formula is C13H17F3N2OS. The van der Waals surface area contributed by atoms with Gasteiger partial charge in [0.1, 0.15) is 0 Å². The lowest BCUT2D eigenvalue weighted by molar-refractivity contribution is -0.117. The molecule has 7 heteroatoms. The Labute approximate surface area is 120 Å². The lowest BCUT2D eigenvalue weighted by atomic mass is 10.0. The molecule has 3 nitrogen and oxygen atoms in total. The number of hydrogen-bond donors (Lipinski definition) is 2. The zero-order valence-electron chi connectivity index (χ0n) is 11.2. The van der Waals surface area contributed by atoms with Crippen LogP contribution in [0.15, 0.2) is 29.2 Å². The Morgan fingerprint density at radius 1 is 1.35 bits per heavy atom. The summed E-state index contributed by atoms with van der Waals surface area (Å²) >= 11 is -0.261. The van der Waals surface area contributed by atoms with Gasteiger partial charge in [0.2, 0.25) is 5.91 Å². The molecule has 0 saturated heterocycles. The van der Waals surface area contributed by atoms with Gasteiger partial charge in [0, 0.05) is 4.90 Å². The Balaban J connectivity index is 2.79. The molecule has 0 aliphatic carbocycles. The molecule has 0 saturated carbocycles. The van der Waals surface area contributed by atoms with E-state index in [4.69, 9.17) is 5.73 Å². The number of para-hydroxylation sites is 1. The summed E-state index contributed by atoms with van der Waals surface area (Å²) in [4.78, 5) is 11.8. The number of alkyl halides is 3. The number of nitrogens with two attached hydrogens (primary N) is 1. The number of halogens is 3. The maximum Gasteiger partial charge on any atom is 0.446 e. The standard InChI is InChI=1S/C13H17F3N2OS/c1-8(2)7-9(17)12(19)18-10-5-3-4-6-11(10)20-13(14,15)16/h3-6,8-9H,7,17H2,1-2H3,(H,18,19). The van der Waals surface area contributed by atoms with Gasteiger partial charge in [-0.25, -0.2) is 0 Å². The molecule has 0 heterocycles. The Morgan fingerprint density at radius 3 is 2.50 bits per heavy atom. The molecule has 112 valence electrons. The molecule has 0 aliphatic rings. The maximum atomic E-state index is 12.4. The largest absolute Gasteiger partial charge is 0.446 e. The van der Waals surface area contributed by atoms with Gasteiger partial charge in [-0.3, -0.25) is 4.79 Å². The van der Waals surface area contributed by atoms with Crippen LogP contribution in [0.2, 0.25) is 0 Å². The van der Waals surface area contributed by atoms with Gasteiger partial charge < -0.3 is 11.1 Å². The zero-order chi connectivity index (χ0) is 15.3. The van der Waals surface area contributed by atoms with E-state index in [9.17, 15) is 18.0 Å². The van der Waals surface area contributed by atoms with E-state index in [0.29, 0.717) is 6.42 Å². The van der Waals surface area contributed by atoms with E-state index in [0.717, 1.165) is 0 Å². The number of carbonyl (C=O) groups excluding carboxylic acids is 1. The number of carbonyl (C=O) groups is 1. The van der Waals surface area contributed by atoms with Crippen LogP contribution in [0, 0.1) is 5.92 Å². The van der Waals surface area contributed by atoms with Gasteiger partial charge >= 0.3 is 5.51 Å². The molecule has 1 unspecified atom stereocenters. The molecule has 20 heavy (non-hydrogen) atoms. The maximum absolute atomic E-state index is 12.4. The van der Waals surface area contributed by atoms with Crippen LogP contribution in [0.25, 0.3) is 0 Å². The number of anilines is 1. The molecule has 1 aromatic carbocycles. The van der Waals surface area contributed by atoms with E-state index in [1.54, 1.807) is 6.07 Å². The van der Waals surface area contributed by atoms with Crippen molar-refractivity contribution in [2.75, 3.05) is 5.32 Å². The Bertz CT molecular complexity index is 463. The highest BCUT2D eigenvalue weighted by Gasteiger charge is 2.30. The molecular weight excluding hydrogens is 289 g/mol. The first-order valence-corrected chi connectivity index (χ1v) is 6.92. The van der Waals surface area contributed by atoms with Crippen LogP contribution in [0.3, 0.4) is 0 Å². The minimum atomic E-state index is -4.40. The lowest BCUT2D eigenvalue weighted by Gasteiger charge is -2.16. The van der Waals surface area contributed by atoms with Crippen LogP contribution in [-0.2, 0) is 4.79 Å². The van der Waals surface area contributed by atoms with E-state index in [2.05, 4.69) is 5.32 Å². The molecule has 1 rings (SSSR count). The SMILES string of the molecule is CC(C)CC(N)C(=O)Nc1ccccc1SC(F)(F)F. The topological polar surface area (TPSA) is 55.1 Å². The van der Waals surface area contributed by atoms with Gasteiger partial charge in [0.05, 0.1) is 11.7 Å². The van der Waals surface area contributed by atoms with E-state index in [1.807, 2.05) is 13.8 Å². The molecule has 1 amide bonds. The fourth-order valence-corrected chi connectivity index (χ4v) is 2.25. The quantitative estimate of drug-likeness (QED) is 0.817. The summed E-state index contributed by atoms with van der Waals surface area (Å²) in [6, 6.07) is 5.04. The lowest BCUT2D eigenvalue weighted by Crippen LogP contribution is -2.36. The van der Waals surface area contributed by atoms with E-state index in [1.165, 1.54) is 18.2 Å². The molecule has 0 aliphatic heterocycles. The summed E-state index contributed by atoms with van der Waals surface area (Å²) in [5, 5.41) is 2.45. The number of rotatable bonds is 5. The number of hydrogen-bond acceptors (Lipinski definition) is 3. The van der Waals surface area contributed by atoms with Gasteiger partial charge in [-0.2, -0.15) is 13.2 Å². The van der Waals surface area contributed by atoms with Crippen LogP contribution in [0.5, 0.6) is 0 Å². The minimum absolute atomic E-state index is 0.0508. The fourth-order valence-electron chi connectivity index (χ4n) is 1.62. The third kappa shape index (κ3) is 5.83. The Morgan fingerprint density at radius 2 is 1.95 bits per heavy atom. The van der Waals surface area contributed by atoms with Crippen molar-refractivity contribution in [1.82, 2.24) is 0 Å². The van der Waals surface area contributed by atoms with Crippen molar-refractivity contribution in [3.05, 3.63) is 24.3 Å². The van der Waals surface area contributed by atoms with Gasteiger partial charge in [-0.1, -0.05) is 26.0 Å². The van der Waals surface area contributed by atoms with Gasteiger partial charge in [-0.05, 0) is 36.2 Å². The average molecular weight is 306 g/mol. The summed E-state index contributed by atoms with van der Waals surface area (Å²) in [7, 11) is 0. The predicted molar refractivity (Wildman–Crippen MR) is 74.4 cm³/mol. The first-order chi connectivity index (χ1) is 9.19. The number of thioether (sulfide) groups is 1. The van der Waals surface area contributed by atoms with Crippen molar-refractivity contribution < 1.29 is 18.0 Å². The minimum Gasteiger partial charge on any atom is -0.324 e. The Hall–Kier alpha value is -1.21. The normalized spacial score (nSPS) is 13.3. The fraction of sp³-hybridized carbons (Fsp3) is 0.462. The zero-order valence-corrected chi connectivity index (χ0v) is 12.0. The van der Waals surface area contributed by atoms with Crippen LogP contribution in [0.4, 0.5) is 18.9 Å². The molecule has 0 aromatic heterocycles. The van der Waals surface area contributed by atoms with Crippen molar-refractivity contribution in [1.29, 1.82) is 0 Å². The van der Waals surface area contributed by atoms with Crippen LogP contribution in [-0.4, -0.2) is 17.5 Å². The highest BCUT2D eigenvalue weighted by Crippen LogP contribution is 2.40. The number of benzene rings is 1. The predicted octanol–water partition coefficient (Wildman–Crippen LogP) is 3.61. The van der Waals surface area contributed by atoms with Crippen molar-refractivity contribution in [2.24, 2.45) is 11.7 Å². The first kappa shape index (κ1) is 16.8. The molecule has 0 fully saturated rings. The van der Waals surface area contributed by atoms with Crippen LogP contribution in [0.1, 0.15) is 20.3 Å². The van der Waals surface area contributed by atoms with Crippen molar-refractivity contribution >= 4 is 23.4 Å². The van der Waals surface area contributed by atoms with Crippen LogP contribution < -0.4 is 11.1 Å². The second-order valence-corrected chi connectivity index (χ2v) is 5.88. The summed E-state index contributed by atoms with van der Waals surface area (Å²) in [5.74, 6) is -0.246. The molecule has 3 N–H and O–H groups in total. The highest BCUT2D eigenvalue weighted by molar-refractivity contribution is 8.00. The third-order valence-electron chi connectivity index (χ3n) is 2.43. The molecule has 0 radical (unpaired) electrons. The van der Waals surface area contributed by atoms with Gasteiger partial charge in [0.15, 0.2) is 0 Å². The number of nitrogens with one attached hydrogen (secondary N) is 1. The van der Waals surface area contributed by atoms with Gasteiger partial charge in [-0.15, -0.1) is 0 Å². The second-order valence-electron chi connectivity index (χ2n) is 4.77. The van der Waals surface area contributed by atoms with Crippen molar-refractivity contribution in [3.8, 4) is 0 Å². The van der Waals surface area contributed by atoms with Crippen molar-refractivity contribution in [2.45, 2.75) is 36.7 Å². The molecule has 0 spiro atoms.